The molecule has 10 heavy (non-hydrogen) atoms. The Morgan fingerprint density at radius 3 is 1.90 bits per heavy atom. The molecule has 0 heterocycles. The van der Waals surface area contributed by atoms with E-state index in [2.05, 4.69) is 13.8 Å². The van der Waals surface area contributed by atoms with Crippen LogP contribution in [0.15, 0.2) is 0 Å². The van der Waals surface area contributed by atoms with Gasteiger partial charge in [0.2, 0.25) is 0 Å². The Labute approximate surface area is 62.9 Å². The second kappa shape index (κ2) is 4.69. The van der Waals surface area contributed by atoms with Gasteiger partial charge in [0.1, 0.15) is 0 Å². The van der Waals surface area contributed by atoms with Crippen molar-refractivity contribution < 1.29 is 10.2 Å². The zero-order valence-corrected chi connectivity index (χ0v) is 7.04. The zero-order chi connectivity index (χ0) is 8.15. The number of hydrogen-bond donors (Lipinski definition) is 2. The molecule has 2 nitrogen and oxygen atoms in total. The summed E-state index contributed by atoms with van der Waals surface area (Å²) in [6.07, 6.45) is 0.393. The van der Waals surface area contributed by atoms with Crippen LogP contribution in [0.1, 0.15) is 27.2 Å². The van der Waals surface area contributed by atoms with Crippen molar-refractivity contribution in [3.05, 3.63) is 0 Å². The summed E-state index contributed by atoms with van der Waals surface area (Å²) in [6.45, 7) is 6.04. The smallest absolute Gasteiger partial charge is 0.0801 e. The van der Waals surface area contributed by atoms with Gasteiger partial charge in [-0.1, -0.05) is 27.2 Å². The number of aliphatic hydroxyl groups excluding tert-OH is 2. The zero-order valence-electron chi connectivity index (χ0n) is 7.04. The molecule has 0 radical (unpaired) electrons. The SMILES string of the molecule is CCC(C(C)C)C(O)CO. The third-order valence-electron chi connectivity index (χ3n) is 2.01. The number of hydrogen-bond acceptors (Lipinski definition) is 2. The van der Waals surface area contributed by atoms with Gasteiger partial charge in [0.25, 0.3) is 0 Å². The van der Waals surface area contributed by atoms with E-state index in [1.807, 2.05) is 6.92 Å². The van der Waals surface area contributed by atoms with Crippen molar-refractivity contribution in [2.24, 2.45) is 11.8 Å². The quantitative estimate of drug-likeness (QED) is 0.621. The van der Waals surface area contributed by atoms with E-state index in [4.69, 9.17) is 5.11 Å². The van der Waals surface area contributed by atoms with Gasteiger partial charge in [-0.25, -0.2) is 0 Å². The fourth-order valence-corrected chi connectivity index (χ4v) is 1.32. The van der Waals surface area contributed by atoms with Crippen LogP contribution in [0.3, 0.4) is 0 Å². The lowest BCUT2D eigenvalue weighted by Gasteiger charge is -2.23. The summed E-state index contributed by atoms with van der Waals surface area (Å²) in [5.41, 5.74) is 0. The van der Waals surface area contributed by atoms with Crippen molar-refractivity contribution >= 4 is 0 Å². The molecule has 0 aromatic rings. The second-order valence-corrected chi connectivity index (χ2v) is 3.07. The Hall–Kier alpha value is -0.0800. The molecule has 0 aliphatic heterocycles. The Kier molecular flexibility index (Phi) is 4.65. The van der Waals surface area contributed by atoms with Crippen LogP contribution in [0.4, 0.5) is 0 Å². The normalized spacial score (nSPS) is 17.4. The maximum absolute atomic E-state index is 9.24. The average molecular weight is 146 g/mol. The molecular weight excluding hydrogens is 128 g/mol. The van der Waals surface area contributed by atoms with Crippen LogP contribution in [0.25, 0.3) is 0 Å². The first-order valence-electron chi connectivity index (χ1n) is 3.92. The second-order valence-electron chi connectivity index (χ2n) is 3.07. The van der Waals surface area contributed by atoms with Crippen molar-refractivity contribution in [2.45, 2.75) is 33.3 Å². The average Bonchev–Trinajstić information content (AvgIpc) is 1.88. The highest BCUT2D eigenvalue weighted by atomic mass is 16.3. The van der Waals surface area contributed by atoms with E-state index in [1.54, 1.807) is 0 Å². The minimum Gasteiger partial charge on any atom is -0.394 e. The molecule has 0 fully saturated rings. The van der Waals surface area contributed by atoms with E-state index in [1.165, 1.54) is 0 Å². The highest BCUT2D eigenvalue weighted by Crippen LogP contribution is 2.18. The van der Waals surface area contributed by atoms with Gasteiger partial charge in [-0.3, -0.25) is 0 Å². The van der Waals surface area contributed by atoms with Gasteiger partial charge in [-0.2, -0.15) is 0 Å². The lowest BCUT2D eigenvalue weighted by Crippen LogP contribution is -2.27. The standard InChI is InChI=1S/C8H18O2/c1-4-7(6(2)3)8(10)5-9/h6-10H,4-5H2,1-3H3. The topological polar surface area (TPSA) is 40.5 Å². The van der Waals surface area contributed by atoms with Crippen LogP contribution in [-0.4, -0.2) is 22.9 Å². The van der Waals surface area contributed by atoms with Gasteiger partial charge in [0.15, 0.2) is 0 Å². The first-order valence-corrected chi connectivity index (χ1v) is 3.92. The van der Waals surface area contributed by atoms with Crippen molar-refractivity contribution in [1.29, 1.82) is 0 Å². The van der Waals surface area contributed by atoms with Gasteiger partial charge in [0, 0.05) is 0 Å². The molecule has 0 saturated heterocycles. The van der Waals surface area contributed by atoms with Crippen molar-refractivity contribution in [2.75, 3.05) is 6.61 Å². The summed E-state index contributed by atoms with van der Waals surface area (Å²) >= 11 is 0. The van der Waals surface area contributed by atoms with Gasteiger partial charge in [-0.05, 0) is 11.8 Å². The third-order valence-corrected chi connectivity index (χ3v) is 2.01. The molecule has 62 valence electrons. The van der Waals surface area contributed by atoms with Gasteiger partial charge in [0.05, 0.1) is 12.7 Å². The summed E-state index contributed by atoms with van der Waals surface area (Å²) in [5, 5.41) is 17.9. The third kappa shape index (κ3) is 2.67. The lowest BCUT2D eigenvalue weighted by atomic mass is 9.88. The molecule has 0 amide bonds. The largest absolute Gasteiger partial charge is 0.394 e. The molecule has 0 saturated carbocycles. The first kappa shape index (κ1) is 9.92. The molecule has 0 aromatic heterocycles. The number of rotatable bonds is 4. The molecule has 2 atom stereocenters. The summed E-state index contributed by atoms with van der Waals surface area (Å²) in [7, 11) is 0. The summed E-state index contributed by atoms with van der Waals surface area (Å²) in [6, 6.07) is 0. The van der Waals surface area contributed by atoms with E-state index in [0.29, 0.717) is 5.92 Å². The number of aliphatic hydroxyl groups is 2. The lowest BCUT2D eigenvalue weighted by molar-refractivity contribution is 0.0275. The van der Waals surface area contributed by atoms with Crippen molar-refractivity contribution in [1.82, 2.24) is 0 Å². The predicted molar refractivity (Wildman–Crippen MR) is 41.7 cm³/mol. The van der Waals surface area contributed by atoms with E-state index in [-0.39, 0.29) is 12.5 Å². The highest BCUT2D eigenvalue weighted by Gasteiger charge is 2.19. The van der Waals surface area contributed by atoms with Crippen LogP contribution >= 0.6 is 0 Å². The monoisotopic (exact) mass is 146 g/mol. The molecule has 0 bridgehead atoms. The van der Waals surface area contributed by atoms with Gasteiger partial charge in [-0.15, -0.1) is 0 Å². The van der Waals surface area contributed by atoms with Crippen LogP contribution in [-0.2, 0) is 0 Å². The molecule has 0 aromatic carbocycles. The van der Waals surface area contributed by atoms with Crippen LogP contribution < -0.4 is 0 Å². The Morgan fingerprint density at radius 2 is 1.80 bits per heavy atom. The fraction of sp³-hybridized carbons (Fsp3) is 1.00. The molecule has 2 unspecified atom stereocenters. The Bertz CT molecular complexity index is 81.3. The predicted octanol–water partition coefficient (Wildman–Crippen LogP) is 1.02. The minimum atomic E-state index is -0.537. The van der Waals surface area contributed by atoms with Crippen LogP contribution in [0.2, 0.25) is 0 Å². The molecular formula is C8H18O2. The Balaban J connectivity index is 3.80. The molecule has 0 spiro atoms. The molecule has 0 rings (SSSR count). The maximum Gasteiger partial charge on any atom is 0.0801 e. The summed E-state index contributed by atoms with van der Waals surface area (Å²) in [5.74, 6) is 0.692. The summed E-state index contributed by atoms with van der Waals surface area (Å²) in [4.78, 5) is 0. The maximum atomic E-state index is 9.24. The van der Waals surface area contributed by atoms with E-state index in [9.17, 15) is 5.11 Å². The van der Waals surface area contributed by atoms with Gasteiger partial charge < -0.3 is 10.2 Å². The van der Waals surface area contributed by atoms with E-state index in [0.717, 1.165) is 6.42 Å². The molecule has 2 N–H and O–H groups in total. The van der Waals surface area contributed by atoms with Crippen LogP contribution in [0, 0.1) is 11.8 Å². The Morgan fingerprint density at radius 1 is 1.30 bits per heavy atom. The molecule has 0 aliphatic carbocycles. The van der Waals surface area contributed by atoms with E-state index >= 15 is 0 Å². The molecule has 0 aliphatic rings. The van der Waals surface area contributed by atoms with Crippen molar-refractivity contribution in [3.63, 3.8) is 0 Å². The summed E-state index contributed by atoms with van der Waals surface area (Å²) < 4.78 is 0. The van der Waals surface area contributed by atoms with Crippen LogP contribution in [0.5, 0.6) is 0 Å². The van der Waals surface area contributed by atoms with Gasteiger partial charge >= 0.3 is 0 Å². The highest BCUT2D eigenvalue weighted by molar-refractivity contribution is 4.69. The minimum absolute atomic E-state index is 0.114. The fourth-order valence-electron chi connectivity index (χ4n) is 1.32. The molecule has 2 heteroatoms. The van der Waals surface area contributed by atoms with Crippen molar-refractivity contribution in [3.8, 4) is 0 Å². The van der Waals surface area contributed by atoms with E-state index < -0.39 is 6.10 Å². The first-order chi connectivity index (χ1) is 4.63.